The number of likely N-dealkylation sites (N-methyl/N-ethyl adjacent to an activating group) is 1. The highest BCUT2D eigenvalue weighted by molar-refractivity contribution is 6.14. The van der Waals surface area contributed by atoms with Crippen molar-refractivity contribution in [2.75, 3.05) is 11.4 Å². The van der Waals surface area contributed by atoms with Gasteiger partial charge in [-0.1, -0.05) is 24.3 Å². The third-order valence-corrected chi connectivity index (χ3v) is 3.77. The SMILES string of the molecule is CCN1c2ccccc2C(=O)C12CC=CC2. The van der Waals surface area contributed by atoms with E-state index >= 15 is 0 Å². The topological polar surface area (TPSA) is 20.3 Å². The lowest BCUT2D eigenvalue weighted by Crippen LogP contribution is -2.48. The van der Waals surface area contributed by atoms with Crippen LogP contribution in [0.15, 0.2) is 36.4 Å². The van der Waals surface area contributed by atoms with E-state index in [0.29, 0.717) is 5.78 Å². The first-order chi connectivity index (χ1) is 7.79. The molecule has 0 bridgehead atoms. The van der Waals surface area contributed by atoms with Crippen LogP contribution in [-0.2, 0) is 0 Å². The molecule has 1 aromatic carbocycles. The molecule has 1 spiro atoms. The lowest BCUT2D eigenvalue weighted by molar-refractivity contribution is 0.0908. The molecule has 1 aliphatic carbocycles. The number of para-hydroxylation sites is 1. The molecule has 2 nitrogen and oxygen atoms in total. The van der Waals surface area contributed by atoms with Crippen LogP contribution in [0.25, 0.3) is 0 Å². The number of anilines is 1. The molecule has 1 aliphatic heterocycles. The number of hydrogen-bond acceptors (Lipinski definition) is 2. The van der Waals surface area contributed by atoms with E-state index in [1.807, 2.05) is 18.2 Å². The zero-order chi connectivity index (χ0) is 11.2. The molecule has 2 aliphatic rings. The van der Waals surface area contributed by atoms with E-state index in [9.17, 15) is 4.79 Å². The van der Waals surface area contributed by atoms with Crippen molar-refractivity contribution < 1.29 is 4.79 Å². The summed E-state index contributed by atoms with van der Waals surface area (Å²) in [7, 11) is 0. The Labute approximate surface area is 95.6 Å². The Morgan fingerprint density at radius 2 is 1.94 bits per heavy atom. The lowest BCUT2D eigenvalue weighted by atomic mass is 9.90. The Balaban J connectivity index is 2.16. The molecule has 0 radical (unpaired) electrons. The number of carbonyl (C=O) groups is 1. The van der Waals surface area contributed by atoms with Crippen molar-refractivity contribution in [3.8, 4) is 0 Å². The number of fused-ring (bicyclic) bond motifs is 1. The average molecular weight is 213 g/mol. The van der Waals surface area contributed by atoms with Gasteiger partial charge in [0, 0.05) is 17.8 Å². The summed E-state index contributed by atoms with van der Waals surface area (Å²) in [6, 6.07) is 7.97. The molecule has 0 aromatic heterocycles. The van der Waals surface area contributed by atoms with Gasteiger partial charge in [0.05, 0.1) is 0 Å². The third kappa shape index (κ3) is 0.993. The molecule has 82 valence electrons. The molecule has 1 aromatic rings. The summed E-state index contributed by atoms with van der Waals surface area (Å²) in [5.74, 6) is 0.301. The molecule has 0 saturated heterocycles. The number of nitrogens with zero attached hydrogens (tertiary/aromatic N) is 1. The smallest absolute Gasteiger partial charge is 0.191 e. The molecule has 0 N–H and O–H groups in total. The Bertz CT molecular complexity index is 467. The molecule has 0 unspecified atom stereocenters. The monoisotopic (exact) mass is 213 g/mol. The van der Waals surface area contributed by atoms with Gasteiger partial charge in [-0.3, -0.25) is 4.79 Å². The normalized spacial score (nSPS) is 20.8. The van der Waals surface area contributed by atoms with E-state index in [0.717, 1.165) is 30.6 Å². The van der Waals surface area contributed by atoms with Crippen LogP contribution >= 0.6 is 0 Å². The van der Waals surface area contributed by atoms with Gasteiger partial charge >= 0.3 is 0 Å². The Hall–Kier alpha value is -1.57. The summed E-state index contributed by atoms with van der Waals surface area (Å²) in [4.78, 5) is 14.8. The van der Waals surface area contributed by atoms with Crippen molar-refractivity contribution in [3.05, 3.63) is 42.0 Å². The molecule has 2 heteroatoms. The summed E-state index contributed by atoms with van der Waals surface area (Å²) in [5, 5.41) is 0. The number of Topliss-reactive ketones (excluding diaryl/α,β-unsaturated/α-hetero) is 1. The van der Waals surface area contributed by atoms with E-state index in [1.54, 1.807) is 0 Å². The van der Waals surface area contributed by atoms with Gasteiger partial charge in [-0.15, -0.1) is 0 Å². The molecular weight excluding hydrogens is 198 g/mol. The van der Waals surface area contributed by atoms with Crippen molar-refractivity contribution in [1.29, 1.82) is 0 Å². The van der Waals surface area contributed by atoms with E-state index in [2.05, 4.69) is 30.0 Å². The van der Waals surface area contributed by atoms with Gasteiger partial charge in [-0.05, 0) is 31.9 Å². The minimum Gasteiger partial charge on any atom is -0.358 e. The fourth-order valence-electron chi connectivity index (χ4n) is 3.02. The first kappa shape index (κ1) is 9.64. The summed E-state index contributed by atoms with van der Waals surface area (Å²) >= 11 is 0. The Morgan fingerprint density at radius 3 is 2.62 bits per heavy atom. The van der Waals surface area contributed by atoms with E-state index in [4.69, 9.17) is 0 Å². The maximum atomic E-state index is 12.5. The summed E-state index contributed by atoms with van der Waals surface area (Å²) in [5.41, 5.74) is 1.71. The molecule has 0 amide bonds. The van der Waals surface area contributed by atoms with Gasteiger partial charge in [0.1, 0.15) is 5.54 Å². The zero-order valence-corrected chi connectivity index (χ0v) is 9.44. The average Bonchev–Trinajstić information content (AvgIpc) is 2.88. The maximum Gasteiger partial charge on any atom is 0.191 e. The quantitative estimate of drug-likeness (QED) is 0.668. The Morgan fingerprint density at radius 1 is 1.25 bits per heavy atom. The van der Waals surface area contributed by atoms with Crippen LogP contribution in [0.4, 0.5) is 5.69 Å². The van der Waals surface area contributed by atoms with Gasteiger partial charge in [0.25, 0.3) is 0 Å². The van der Waals surface area contributed by atoms with Gasteiger partial charge in [0.2, 0.25) is 0 Å². The van der Waals surface area contributed by atoms with Crippen LogP contribution in [0.2, 0.25) is 0 Å². The van der Waals surface area contributed by atoms with Gasteiger partial charge in [-0.25, -0.2) is 0 Å². The predicted octanol–water partition coefficient (Wildman–Crippen LogP) is 2.80. The summed E-state index contributed by atoms with van der Waals surface area (Å²) in [6.45, 7) is 3.01. The molecule has 1 heterocycles. The first-order valence-corrected chi connectivity index (χ1v) is 5.86. The number of rotatable bonds is 1. The number of carbonyl (C=O) groups excluding carboxylic acids is 1. The van der Waals surface area contributed by atoms with E-state index in [1.165, 1.54) is 0 Å². The molecular formula is C14H15NO. The van der Waals surface area contributed by atoms with E-state index < -0.39 is 0 Å². The minimum atomic E-state index is -0.293. The second-order valence-electron chi connectivity index (χ2n) is 4.50. The van der Waals surface area contributed by atoms with Gasteiger partial charge < -0.3 is 4.90 Å². The van der Waals surface area contributed by atoms with Crippen LogP contribution in [0.3, 0.4) is 0 Å². The molecule has 0 atom stereocenters. The van der Waals surface area contributed by atoms with Crippen LogP contribution in [0.1, 0.15) is 30.1 Å². The van der Waals surface area contributed by atoms with Crippen molar-refractivity contribution in [3.63, 3.8) is 0 Å². The standard InChI is InChI=1S/C14H15NO/c1-2-15-12-8-4-3-7-11(12)13(16)14(15)9-5-6-10-14/h3-8H,2,9-10H2,1H3. The third-order valence-electron chi connectivity index (χ3n) is 3.77. The number of benzene rings is 1. The highest BCUT2D eigenvalue weighted by atomic mass is 16.1. The van der Waals surface area contributed by atoms with Crippen LogP contribution in [0.5, 0.6) is 0 Å². The van der Waals surface area contributed by atoms with Crippen LogP contribution in [0, 0.1) is 0 Å². The van der Waals surface area contributed by atoms with Crippen molar-refractivity contribution >= 4 is 11.5 Å². The van der Waals surface area contributed by atoms with E-state index in [-0.39, 0.29) is 5.54 Å². The van der Waals surface area contributed by atoms with Crippen LogP contribution in [-0.4, -0.2) is 17.9 Å². The second kappa shape index (κ2) is 3.21. The van der Waals surface area contributed by atoms with Crippen molar-refractivity contribution in [1.82, 2.24) is 0 Å². The van der Waals surface area contributed by atoms with Gasteiger partial charge in [-0.2, -0.15) is 0 Å². The van der Waals surface area contributed by atoms with Gasteiger partial charge in [0.15, 0.2) is 5.78 Å². The minimum absolute atomic E-state index is 0.293. The highest BCUT2D eigenvalue weighted by Gasteiger charge is 2.50. The fourth-order valence-corrected chi connectivity index (χ4v) is 3.02. The lowest BCUT2D eigenvalue weighted by Gasteiger charge is -2.34. The highest BCUT2D eigenvalue weighted by Crippen LogP contribution is 2.44. The largest absolute Gasteiger partial charge is 0.358 e. The van der Waals surface area contributed by atoms with Crippen molar-refractivity contribution in [2.24, 2.45) is 0 Å². The fraction of sp³-hybridized carbons (Fsp3) is 0.357. The second-order valence-corrected chi connectivity index (χ2v) is 4.50. The molecule has 0 saturated carbocycles. The summed E-state index contributed by atoms with van der Waals surface area (Å²) < 4.78 is 0. The van der Waals surface area contributed by atoms with Crippen LogP contribution < -0.4 is 4.90 Å². The zero-order valence-electron chi connectivity index (χ0n) is 9.44. The molecule has 0 fully saturated rings. The molecule has 3 rings (SSSR count). The maximum absolute atomic E-state index is 12.5. The van der Waals surface area contributed by atoms with Crippen molar-refractivity contribution in [2.45, 2.75) is 25.3 Å². The number of ketones is 1. The molecule has 16 heavy (non-hydrogen) atoms. The predicted molar refractivity (Wildman–Crippen MR) is 64.9 cm³/mol. The first-order valence-electron chi connectivity index (χ1n) is 5.86. The number of hydrogen-bond donors (Lipinski definition) is 0. The summed E-state index contributed by atoms with van der Waals surface area (Å²) in [6.07, 6.45) is 5.97. The Kier molecular flexibility index (Phi) is 1.93.